The molecule has 9 nitrogen and oxygen atoms in total. The lowest BCUT2D eigenvalue weighted by Crippen LogP contribution is -2.22. The van der Waals surface area contributed by atoms with Crippen LogP contribution in [-0.4, -0.2) is 36.6 Å². The van der Waals surface area contributed by atoms with E-state index in [1.807, 2.05) is 10.6 Å². The maximum atomic E-state index is 14.3. The number of benzene rings is 1. The van der Waals surface area contributed by atoms with E-state index in [9.17, 15) is 13.9 Å². The molecule has 1 aliphatic rings. The number of hydrogen-bond acceptors (Lipinski definition) is 7. The van der Waals surface area contributed by atoms with E-state index in [1.165, 1.54) is 31.6 Å². The Hall–Kier alpha value is -3.41. The van der Waals surface area contributed by atoms with Gasteiger partial charge < -0.3 is 20.0 Å². The SMILES string of the molecule is COc1ccc(F)c(CNC(O)c2cn(Cc3cn4cc(C5CC5)cc(CN)c4n3)nn2)c1F. The van der Waals surface area contributed by atoms with Crippen molar-refractivity contribution in [2.75, 3.05) is 7.11 Å². The largest absolute Gasteiger partial charge is 0.494 e. The van der Waals surface area contributed by atoms with Crippen molar-refractivity contribution in [3.63, 3.8) is 0 Å². The maximum absolute atomic E-state index is 14.3. The topological polar surface area (TPSA) is 116 Å². The quantitative estimate of drug-likeness (QED) is 0.322. The maximum Gasteiger partial charge on any atom is 0.172 e. The van der Waals surface area contributed by atoms with Gasteiger partial charge in [-0.3, -0.25) is 5.32 Å². The van der Waals surface area contributed by atoms with Crippen LogP contribution in [0.15, 0.2) is 36.8 Å². The molecular weight excluding hydrogens is 444 g/mol. The number of imidazole rings is 1. The molecule has 4 aromatic rings. The molecule has 1 fully saturated rings. The van der Waals surface area contributed by atoms with Gasteiger partial charge >= 0.3 is 0 Å². The first-order chi connectivity index (χ1) is 16.5. The van der Waals surface area contributed by atoms with Crippen molar-refractivity contribution in [1.29, 1.82) is 0 Å². The van der Waals surface area contributed by atoms with Gasteiger partial charge in [0, 0.05) is 36.6 Å². The molecule has 11 heteroatoms. The highest BCUT2D eigenvalue weighted by molar-refractivity contribution is 5.51. The second kappa shape index (κ2) is 9.09. The first-order valence-corrected chi connectivity index (χ1v) is 11.0. The molecule has 4 N–H and O–H groups in total. The molecule has 1 aliphatic carbocycles. The number of aromatic nitrogens is 5. The van der Waals surface area contributed by atoms with Crippen molar-refractivity contribution in [3.05, 3.63) is 76.5 Å². The Morgan fingerprint density at radius 3 is 2.82 bits per heavy atom. The van der Waals surface area contributed by atoms with Crippen molar-refractivity contribution in [3.8, 4) is 5.75 Å². The first kappa shape index (κ1) is 22.4. The predicted octanol–water partition coefficient (Wildman–Crippen LogP) is 2.38. The lowest BCUT2D eigenvalue weighted by Gasteiger charge is -2.12. The van der Waals surface area contributed by atoms with Crippen LogP contribution in [-0.2, 0) is 19.6 Å². The Bertz CT molecular complexity index is 1330. The van der Waals surface area contributed by atoms with Gasteiger partial charge in [0.15, 0.2) is 17.8 Å². The molecule has 1 aromatic carbocycles. The second-order valence-corrected chi connectivity index (χ2v) is 8.41. The minimum atomic E-state index is -1.27. The molecular formula is C23H25F2N7O2. The summed E-state index contributed by atoms with van der Waals surface area (Å²) in [6.07, 6.45) is 6.72. The van der Waals surface area contributed by atoms with E-state index in [1.54, 1.807) is 10.9 Å². The Morgan fingerprint density at radius 2 is 2.09 bits per heavy atom. The van der Waals surface area contributed by atoms with Crippen molar-refractivity contribution in [1.82, 2.24) is 29.7 Å². The molecule has 3 aromatic heterocycles. The Labute approximate surface area is 194 Å². The Morgan fingerprint density at radius 1 is 1.26 bits per heavy atom. The summed E-state index contributed by atoms with van der Waals surface area (Å²) in [6, 6.07) is 4.45. The average molecular weight is 469 g/mol. The van der Waals surface area contributed by atoms with E-state index in [0.29, 0.717) is 19.0 Å². The highest BCUT2D eigenvalue weighted by Crippen LogP contribution is 2.40. The number of pyridine rings is 1. The van der Waals surface area contributed by atoms with Gasteiger partial charge in [0.1, 0.15) is 17.2 Å². The number of halogens is 2. The van der Waals surface area contributed by atoms with Crippen molar-refractivity contribution < 1.29 is 18.6 Å². The molecule has 5 rings (SSSR count). The number of ether oxygens (including phenoxy) is 1. The summed E-state index contributed by atoms with van der Waals surface area (Å²) in [5.74, 6) is -1.03. The van der Waals surface area contributed by atoms with Gasteiger partial charge in [0.2, 0.25) is 0 Å². The third-order valence-corrected chi connectivity index (χ3v) is 5.97. The van der Waals surface area contributed by atoms with Crippen LogP contribution in [0.4, 0.5) is 8.78 Å². The molecule has 178 valence electrons. The smallest absolute Gasteiger partial charge is 0.172 e. The van der Waals surface area contributed by atoms with Crippen molar-refractivity contribution >= 4 is 5.65 Å². The molecule has 3 heterocycles. The van der Waals surface area contributed by atoms with Crippen LogP contribution in [0.5, 0.6) is 5.75 Å². The summed E-state index contributed by atoms with van der Waals surface area (Å²) >= 11 is 0. The number of nitrogens with one attached hydrogen (secondary N) is 1. The summed E-state index contributed by atoms with van der Waals surface area (Å²) in [6.45, 7) is 0.476. The number of nitrogens with two attached hydrogens (primary N) is 1. The fourth-order valence-corrected chi connectivity index (χ4v) is 3.99. The number of aliphatic hydroxyl groups is 1. The number of rotatable bonds is 9. The minimum absolute atomic E-state index is 0.0758. The third-order valence-electron chi connectivity index (χ3n) is 5.97. The van der Waals surface area contributed by atoms with Crippen LogP contribution >= 0.6 is 0 Å². The minimum Gasteiger partial charge on any atom is -0.494 e. The number of nitrogens with zero attached hydrogens (tertiary/aromatic N) is 5. The second-order valence-electron chi connectivity index (χ2n) is 8.41. The summed E-state index contributed by atoms with van der Waals surface area (Å²) in [5, 5.41) is 21.1. The molecule has 1 saturated carbocycles. The van der Waals surface area contributed by atoms with E-state index in [-0.39, 0.29) is 23.6 Å². The van der Waals surface area contributed by atoms with Crippen LogP contribution in [0.2, 0.25) is 0 Å². The molecule has 0 spiro atoms. The van der Waals surface area contributed by atoms with E-state index in [0.717, 1.165) is 23.0 Å². The molecule has 0 saturated heterocycles. The van der Waals surface area contributed by atoms with E-state index in [4.69, 9.17) is 10.5 Å². The van der Waals surface area contributed by atoms with Crippen molar-refractivity contribution in [2.45, 2.75) is 44.6 Å². The van der Waals surface area contributed by atoms with Gasteiger partial charge in [-0.1, -0.05) is 5.21 Å². The average Bonchev–Trinajstić information content (AvgIpc) is 3.44. The molecule has 0 radical (unpaired) electrons. The van der Waals surface area contributed by atoms with Gasteiger partial charge in [-0.15, -0.1) is 5.10 Å². The monoisotopic (exact) mass is 469 g/mol. The van der Waals surface area contributed by atoms with E-state index in [2.05, 4.69) is 32.9 Å². The standard InChI is InChI=1S/C23H25F2N7O2/c1-34-20-5-4-18(24)17(21(20)25)8-27-23(33)19-12-32(30-29-19)11-16-10-31-9-15(13-2-3-13)6-14(7-26)22(31)28-16/h4-6,9-10,12-13,23,27,33H,2-3,7-8,11,26H2,1H3. The lowest BCUT2D eigenvalue weighted by atomic mass is 10.1. The van der Waals surface area contributed by atoms with Gasteiger partial charge in [0.25, 0.3) is 0 Å². The van der Waals surface area contributed by atoms with Crippen LogP contribution < -0.4 is 15.8 Å². The predicted molar refractivity (Wildman–Crippen MR) is 119 cm³/mol. The summed E-state index contributed by atoms with van der Waals surface area (Å²) in [5.41, 5.74) is 9.76. The summed E-state index contributed by atoms with van der Waals surface area (Å²) in [4.78, 5) is 4.69. The van der Waals surface area contributed by atoms with Gasteiger partial charge in [-0.25, -0.2) is 18.4 Å². The van der Waals surface area contributed by atoms with Crippen LogP contribution in [0.25, 0.3) is 5.65 Å². The van der Waals surface area contributed by atoms with E-state index >= 15 is 0 Å². The molecule has 1 unspecified atom stereocenters. The van der Waals surface area contributed by atoms with Crippen LogP contribution in [0.1, 0.15) is 53.1 Å². The number of hydrogen-bond donors (Lipinski definition) is 3. The normalized spacial score (nSPS) is 14.6. The Kier molecular flexibility index (Phi) is 5.98. The fourth-order valence-electron chi connectivity index (χ4n) is 3.99. The molecule has 0 bridgehead atoms. The van der Waals surface area contributed by atoms with E-state index < -0.39 is 17.9 Å². The van der Waals surface area contributed by atoms with Gasteiger partial charge in [-0.05, 0) is 42.5 Å². The zero-order valence-corrected chi connectivity index (χ0v) is 18.6. The molecule has 0 amide bonds. The van der Waals surface area contributed by atoms with Gasteiger partial charge in [-0.2, -0.15) is 0 Å². The zero-order chi connectivity index (χ0) is 23.8. The molecule has 34 heavy (non-hydrogen) atoms. The van der Waals surface area contributed by atoms with Crippen LogP contribution in [0.3, 0.4) is 0 Å². The number of methoxy groups -OCH3 is 1. The number of aliphatic hydroxyl groups excluding tert-OH is 1. The first-order valence-electron chi connectivity index (χ1n) is 11.0. The Balaban J connectivity index is 1.28. The molecule has 0 aliphatic heterocycles. The van der Waals surface area contributed by atoms with Crippen LogP contribution in [0, 0.1) is 11.6 Å². The summed E-state index contributed by atoms with van der Waals surface area (Å²) in [7, 11) is 1.30. The van der Waals surface area contributed by atoms with Gasteiger partial charge in [0.05, 0.1) is 25.5 Å². The lowest BCUT2D eigenvalue weighted by molar-refractivity contribution is 0.131. The highest BCUT2D eigenvalue weighted by atomic mass is 19.1. The highest BCUT2D eigenvalue weighted by Gasteiger charge is 2.25. The fraction of sp³-hybridized carbons (Fsp3) is 0.348. The zero-order valence-electron chi connectivity index (χ0n) is 18.6. The molecule has 1 atom stereocenters. The number of fused-ring (bicyclic) bond motifs is 1. The van der Waals surface area contributed by atoms with Crippen molar-refractivity contribution in [2.24, 2.45) is 5.73 Å². The summed E-state index contributed by atoms with van der Waals surface area (Å²) < 4.78 is 36.7. The third kappa shape index (κ3) is 4.37.